The van der Waals surface area contributed by atoms with Crippen molar-refractivity contribution in [1.82, 2.24) is 29.7 Å². The summed E-state index contributed by atoms with van der Waals surface area (Å²) in [7, 11) is 1.61. The lowest BCUT2D eigenvalue weighted by atomic mass is 10.0. The van der Waals surface area contributed by atoms with Gasteiger partial charge < -0.3 is 15.0 Å². The zero-order valence-electron chi connectivity index (χ0n) is 16.4. The van der Waals surface area contributed by atoms with Gasteiger partial charge in [-0.25, -0.2) is 33.4 Å². The Hall–Kier alpha value is -3.11. The molecule has 3 aromatic rings. The van der Waals surface area contributed by atoms with Crippen molar-refractivity contribution in [1.29, 1.82) is 0 Å². The number of fused-ring (bicyclic) bond motifs is 2. The van der Waals surface area contributed by atoms with Gasteiger partial charge in [0.05, 0.1) is 19.5 Å². The molecule has 1 saturated carbocycles. The number of methoxy groups -OCH3 is 1. The highest BCUT2D eigenvalue weighted by molar-refractivity contribution is 5.71. The van der Waals surface area contributed by atoms with E-state index in [1.165, 1.54) is 10.9 Å². The molecule has 1 saturated heterocycles. The van der Waals surface area contributed by atoms with Crippen LogP contribution in [0.4, 0.5) is 20.4 Å². The van der Waals surface area contributed by atoms with E-state index in [0.717, 1.165) is 31.7 Å². The number of hydrogen-bond acceptors (Lipinski definition) is 8. The monoisotopic (exact) mass is 416 g/mol. The summed E-state index contributed by atoms with van der Waals surface area (Å²) in [6.07, 6.45) is 5.93. The second kappa shape index (κ2) is 7.62. The van der Waals surface area contributed by atoms with Crippen LogP contribution < -0.4 is 15.0 Å². The van der Waals surface area contributed by atoms with E-state index in [0.29, 0.717) is 34.7 Å². The Morgan fingerprint density at radius 3 is 2.63 bits per heavy atom. The van der Waals surface area contributed by atoms with Gasteiger partial charge >= 0.3 is 0 Å². The molecule has 3 atom stereocenters. The van der Waals surface area contributed by atoms with E-state index in [1.807, 2.05) is 0 Å². The molecule has 158 valence electrons. The topological polar surface area (TPSA) is 93.9 Å². The van der Waals surface area contributed by atoms with Crippen molar-refractivity contribution in [2.24, 2.45) is 11.8 Å². The molecule has 0 bridgehead atoms. The highest BCUT2D eigenvalue weighted by Gasteiger charge is 2.42. The number of anilines is 2. The second-order valence-electron chi connectivity index (χ2n) is 7.81. The largest absolute Gasteiger partial charge is 0.478 e. The van der Waals surface area contributed by atoms with E-state index in [-0.39, 0.29) is 6.04 Å². The SMILES string of the molecule is COc1nccnc1N1C[C@H]2C[C@H](Nc3cnc4cnn(CC(F)F)c4n3)C[C@H]2C1. The molecule has 30 heavy (non-hydrogen) atoms. The van der Waals surface area contributed by atoms with E-state index < -0.39 is 13.0 Å². The number of halogens is 2. The molecule has 0 amide bonds. The number of aromatic nitrogens is 6. The molecule has 0 radical (unpaired) electrons. The minimum Gasteiger partial charge on any atom is -0.478 e. The Morgan fingerprint density at radius 2 is 1.90 bits per heavy atom. The van der Waals surface area contributed by atoms with Crippen molar-refractivity contribution in [2.75, 3.05) is 30.4 Å². The van der Waals surface area contributed by atoms with Crippen LogP contribution in [0.1, 0.15) is 12.8 Å². The third kappa shape index (κ3) is 3.48. The van der Waals surface area contributed by atoms with Gasteiger partial charge in [-0.05, 0) is 24.7 Å². The summed E-state index contributed by atoms with van der Waals surface area (Å²) < 4.78 is 32.0. The van der Waals surface area contributed by atoms with Crippen molar-refractivity contribution in [3.05, 3.63) is 24.8 Å². The van der Waals surface area contributed by atoms with Crippen LogP contribution in [0.3, 0.4) is 0 Å². The van der Waals surface area contributed by atoms with Crippen LogP contribution in [-0.4, -0.2) is 62.4 Å². The summed E-state index contributed by atoms with van der Waals surface area (Å²) in [6.45, 7) is 1.32. The first kappa shape index (κ1) is 18.9. The van der Waals surface area contributed by atoms with Gasteiger partial charge in [-0.3, -0.25) is 0 Å². The van der Waals surface area contributed by atoms with Gasteiger partial charge in [-0.1, -0.05) is 0 Å². The maximum Gasteiger partial charge on any atom is 0.258 e. The first-order valence-corrected chi connectivity index (χ1v) is 9.94. The molecule has 2 fully saturated rings. The predicted molar refractivity (Wildman–Crippen MR) is 106 cm³/mol. The molecular weight excluding hydrogens is 394 g/mol. The Bertz CT molecular complexity index is 1030. The number of ether oxygens (including phenoxy) is 1. The average molecular weight is 416 g/mol. The third-order valence-corrected chi connectivity index (χ3v) is 5.90. The van der Waals surface area contributed by atoms with E-state index in [2.05, 4.69) is 35.3 Å². The molecule has 11 heteroatoms. The summed E-state index contributed by atoms with van der Waals surface area (Å²) in [5, 5.41) is 7.40. The van der Waals surface area contributed by atoms with Crippen molar-refractivity contribution in [3.8, 4) is 5.88 Å². The third-order valence-electron chi connectivity index (χ3n) is 5.90. The van der Waals surface area contributed by atoms with Crippen LogP contribution in [0, 0.1) is 11.8 Å². The lowest BCUT2D eigenvalue weighted by Gasteiger charge is -2.21. The number of alkyl halides is 2. The lowest BCUT2D eigenvalue weighted by Crippen LogP contribution is -2.26. The summed E-state index contributed by atoms with van der Waals surface area (Å²) in [5.41, 5.74) is 0.887. The van der Waals surface area contributed by atoms with Crippen LogP contribution >= 0.6 is 0 Å². The van der Waals surface area contributed by atoms with Crippen LogP contribution in [-0.2, 0) is 6.54 Å². The highest BCUT2D eigenvalue weighted by atomic mass is 19.3. The van der Waals surface area contributed by atoms with Crippen molar-refractivity contribution < 1.29 is 13.5 Å². The molecule has 1 aliphatic carbocycles. The van der Waals surface area contributed by atoms with Gasteiger partial charge in [0.1, 0.15) is 17.9 Å². The first-order valence-electron chi connectivity index (χ1n) is 9.94. The molecule has 3 aromatic heterocycles. The highest BCUT2D eigenvalue weighted by Crippen LogP contribution is 2.41. The van der Waals surface area contributed by atoms with Gasteiger partial charge in [0, 0.05) is 31.5 Å². The molecule has 0 spiro atoms. The van der Waals surface area contributed by atoms with Crippen LogP contribution in [0.2, 0.25) is 0 Å². The van der Waals surface area contributed by atoms with E-state index in [4.69, 9.17) is 4.74 Å². The maximum absolute atomic E-state index is 12.7. The summed E-state index contributed by atoms with van der Waals surface area (Å²) in [6, 6.07) is 0.268. The van der Waals surface area contributed by atoms with E-state index in [1.54, 1.807) is 25.7 Å². The van der Waals surface area contributed by atoms with Gasteiger partial charge in [-0.2, -0.15) is 5.10 Å². The molecule has 4 heterocycles. The number of nitrogens with one attached hydrogen (secondary N) is 1. The average Bonchev–Trinajstić information content (AvgIpc) is 3.41. The smallest absolute Gasteiger partial charge is 0.258 e. The Morgan fingerprint density at radius 1 is 1.13 bits per heavy atom. The number of rotatable bonds is 6. The second-order valence-corrected chi connectivity index (χ2v) is 7.81. The summed E-state index contributed by atoms with van der Waals surface area (Å²) in [5.74, 6) is 3.01. The van der Waals surface area contributed by atoms with Crippen LogP contribution in [0.5, 0.6) is 5.88 Å². The summed E-state index contributed by atoms with van der Waals surface area (Å²) >= 11 is 0. The molecule has 5 rings (SSSR count). The first-order chi connectivity index (χ1) is 14.6. The van der Waals surface area contributed by atoms with Gasteiger partial charge in [-0.15, -0.1) is 0 Å². The fourth-order valence-corrected chi connectivity index (χ4v) is 4.66. The van der Waals surface area contributed by atoms with E-state index >= 15 is 0 Å². The Kier molecular flexibility index (Phi) is 4.80. The molecule has 0 aromatic carbocycles. The Balaban J connectivity index is 1.25. The predicted octanol–water partition coefficient (Wildman–Crippen LogP) is 2.22. The fourth-order valence-electron chi connectivity index (χ4n) is 4.66. The summed E-state index contributed by atoms with van der Waals surface area (Å²) in [4.78, 5) is 19.7. The molecular formula is C19H22F2N8O. The van der Waals surface area contributed by atoms with Crippen molar-refractivity contribution in [3.63, 3.8) is 0 Å². The van der Waals surface area contributed by atoms with Crippen LogP contribution in [0.15, 0.2) is 24.8 Å². The van der Waals surface area contributed by atoms with Crippen molar-refractivity contribution in [2.45, 2.75) is 31.9 Å². The minimum atomic E-state index is -2.49. The van der Waals surface area contributed by atoms with Gasteiger partial charge in [0.15, 0.2) is 11.5 Å². The molecule has 1 N–H and O–H groups in total. The Labute approximate surface area is 171 Å². The zero-order valence-corrected chi connectivity index (χ0v) is 16.4. The normalized spacial score (nSPS) is 23.3. The molecule has 9 nitrogen and oxygen atoms in total. The molecule has 1 aliphatic heterocycles. The zero-order chi connectivity index (χ0) is 20.7. The van der Waals surface area contributed by atoms with Gasteiger partial charge in [0.25, 0.3) is 12.3 Å². The number of hydrogen-bond donors (Lipinski definition) is 1. The maximum atomic E-state index is 12.7. The van der Waals surface area contributed by atoms with Gasteiger partial charge in [0.2, 0.25) is 0 Å². The fraction of sp³-hybridized carbons (Fsp3) is 0.526. The quantitative estimate of drug-likeness (QED) is 0.654. The molecule has 0 unspecified atom stereocenters. The van der Waals surface area contributed by atoms with E-state index in [9.17, 15) is 8.78 Å². The standard InChI is InChI=1S/C19H22F2N8O/c1-30-19-18(22-2-3-23-19)28-8-11-4-13(5-12(11)9-28)26-16-7-24-14-6-25-29(10-15(20)21)17(14)27-16/h2-3,6-7,11-13,15H,4-5,8-10H2,1H3,(H,26,27)/t11-,12+,13+. The lowest BCUT2D eigenvalue weighted by molar-refractivity contribution is 0.123. The minimum absolute atomic E-state index is 0.268. The molecule has 2 aliphatic rings. The number of nitrogens with zero attached hydrogens (tertiary/aromatic N) is 7. The van der Waals surface area contributed by atoms with Crippen LogP contribution in [0.25, 0.3) is 11.2 Å². The van der Waals surface area contributed by atoms with Crippen molar-refractivity contribution >= 4 is 22.8 Å².